The third-order valence-electron chi connectivity index (χ3n) is 6.59. The highest BCUT2D eigenvalue weighted by Gasteiger charge is 2.74. The minimum absolute atomic E-state index is 0.132. The molecule has 0 amide bonds. The van der Waals surface area contributed by atoms with Crippen LogP contribution in [-0.4, -0.2) is 40.5 Å². The summed E-state index contributed by atoms with van der Waals surface area (Å²) in [4.78, 5) is 25.4. The van der Waals surface area contributed by atoms with Gasteiger partial charge in [-0.3, -0.25) is 9.59 Å². The number of esters is 1. The molecule has 0 aromatic heterocycles. The molecule has 6 nitrogen and oxygen atoms in total. The van der Waals surface area contributed by atoms with E-state index in [2.05, 4.69) is 0 Å². The first-order valence-corrected chi connectivity index (χ1v) is 8.95. The molecule has 26 heavy (non-hydrogen) atoms. The SMILES string of the molecule is CC=C(C)C1(O)OC2CC3(C)OC(=CC3=O)C(C)=CC3OC(=O)C1(C)C32. The van der Waals surface area contributed by atoms with Gasteiger partial charge in [0.25, 0.3) is 0 Å². The molecule has 0 spiro atoms. The van der Waals surface area contributed by atoms with E-state index in [1.165, 1.54) is 6.08 Å². The Hall–Kier alpha value is -1.92. The highest BCUT2D eigenvalue weighted by atomic mass is 16.7. The summed E-state index contributed by atoms with van der Waals surface area (Å²) in [5, 5.41) is 11.4. The molecular formula is C20H24O6. The van der Waals surface area contributed by atoms with Gasteiger partial charge in [-0.15, -0.1) is 0 Å². The molecule has 4 aliphatic heterocycles. The van der Waals surface area contributed by atoms with Crippen molar-refractivity contribution in [3.63, 3.8) is 0 Å². The van der Waals surface area contributed by atoms with Crippen LogP contribution in [-0.2, 0) is 23.8 Å². The lowest BCUT2D eigenvalue weighted by Gasteiger charge is -2.35. The van der Waals surface area contributed by atoms with E-state index >= 15 is 0 Å². The van der Waals surface area contributed by atoms with Crippen molar-refractivity contribution in [2.45, 2.75) is 64.6 Å². The fourth-order valence-corrected chi connectivity index (χ4v) is 4.79. The molecule has 2 saturated heterocycles. The van der Waals surface area contributed by atoms with Crippen LogP contribution in [0.25, 0.3) is 0 Å². The van der Waals surface area contributed by atoms with E-state index in [0.29, 0.717) is 11.3 Å². The van der Waals surface area contributed by atoms with Crippen molar-refractivity contribution in [1.82, 2.24) is 0 Å². The number of aliphatic hydroxyl groups is 1. The van der Waals surface area contributed by atoms with E-state index in [1.807, 2.05) is 6.92 Å². The summed E-state index contributed by atoms with van der Waals surface area (Å²) < 4.78 is 17.7. The van der Waals surface area contributed by atoms with Crippen LogP contribution in [0.15, 0.2) is 35.1 Å². The standard InChI is InChI=1S/C20H24O6/c1-6-11(3)20(23)19(5)16-13(24-17(19)22)7-10(2)12-8-15(21)18(4,25-12)9-14(16)26-20/h6-8,13-14,16,23H,9H2,1-5H3. The molecule has 2 bridgehead atoms. The molecule has 1 N–H and O–H groups in total. The quantitative estimate of drug-likeness (QED) is 0.570. The number of hydrogen-bond acceptors (Lipinski definition) is 6. The smallest absolute Gasteiger partial charge is 0.318 e. The highest BCUT2D eigenvalue weighted by molar-refractivity contribution is 6.00. The first-order valence-electron chi connectivity index (χ1n) is 8.95. The lowest BCUT2D eigenvalue weighted by Crippen LogP contribution is -2.49. The summed E-state index contributed by atoms with van der Waals surface area (Å²) >= 11 is 0. The molecule has 6 unspecified atom stereocenters. The van der Waals surface area contributed by atoms with Gasteiger partial charge in [-0.2, -0.15) is 0 Å². The largest absolute Gasteiger partial charge is 0.479 e. The lowest BCUT2D eigenvalue weighted by atomic mass is 9.67. The Morgan fingerprint density at radius 3 is 2.69 bits per heavy atom. The fourth-order valence-electron chi connectivity index (χ4n) is 4.79. The molecule has 140 valence electrons. The Labute approximate surface area is 152 Å². The van der Waals surface area contributed by atoms with Gasteiger partial charge in [0.1, 0.15) is 17.3 Å². The number of fused-ring (bicyclic) bond motifs is 2. The van der Waals surface area contributed by atoms with Crippen molar-refractivity contribution in [3.8, 4) is 0 Å². The number of allylic oxidation sites excluding steroid dienone is 2. The van der Waals surface area contributed by atoms with Crippen LogP contribution in [0, 0.1) is 11.3 Å². The topological polar surface area (TPSA) is 82.1 Å². The number of ether oxygens (including phenoxy) is 3. The molecule has 0 saturated carbocycles. The van der Waals surface area contributed by atoms with E-state index in [4.69, 9.17) is 14.2 Å². The van der Waals surface area contributed by atoms with Crippen LogP contribution < -0.4 is 0 Å². The monoisotopic (exact) mass is 360 g/mol. The second-order valence-electron chi connectivity index (χ2n) is 8.13. The predicted molar refractivity (Wildman–Crippen MR) is 91.7 cm³/mol. The van der Waals surface area contributed by atoms with Crippen molar-refractivity contribution in [2.75, 3.05) is 0 Å². The van der Waals surface area contributed by atoms with Gasteiger partial charge >= 0.3 is 5.97 Å². The Bertz CT molecular complexity index is 807. The summed E-state index contributed by atoms with van der Waals surface area (Å²) in [6.45, 7) is 8.76. The molecular weight excluding hydrogens is 336 g/mol. The molecule has 6 atom stereocenters. The predicted octanol–water partition coefficient (Wildman–Crippen LogP) is 2.18. The zero-order valence-electron chi connectivity index (χ0n) is 15.7. The van der Waals surface area contributed by atoms with Gasteiger partial charge in [0.15, 0.2) is 5.60 Å². The normalized spacial score (nSPS) is 47.3. The van der Waals surface area contributed by atoms with Crippen molar-refractivity contribution in [3.05, 3.63) is 35.1 Å². The van der Waals surface area contributed by atoms with Crippen molar-refractivity contribution >= 4 is 11.8 Å². The van der Waals surface area contributed by atoms with Gasteiger partial charge in [-0.1, -0.05) is 6.08 Å². The molecule has 0 aromatic carbocycles. The van der Waals surface area contributed by atoms with Crippen LogP contribution in [0.2, 0.25) is 0 Å². The zero-order valence-corrected chi connectivity index (χ0v) is 15.7. The van der Waals surface area contributed by atoms with Gasteiger partial charge in [0, 0.05) is 18.4 Å². The maximum Gasteiger partial charge on any atom is 0.318 e. The van der Waals surface area contributed by atoms with Gasteiger partial charge in [-0.05, 0) is 51.8 Å². The third kappa shape index (κ3) is 1.89. The number of rotatable bonds is 1. The minimum atomic E-state index is -1.78. The van der Waals surface area contributed by atoms with Gasteiger partial charge in [-0.25, -0.2) is 0 Å². The first kappa shape index (κ1) is 17.5. The number of carbonyl (C=O) groups is 2. The lowest BCUT2D eigenvalue weighted by molar-refractivity contribution is -0.220. The maximum atomic E-state index is 12.9. The summed E-state index contributed by atoms with van der Waals surface area (Å²) in [6.07, 6.45) is 4.15. The molecule has 4 aliphatic rings. The summed E-state index contributed by atoms with van der Waals surface area (Å²) in [5.74, 6) is -2.31. The fraction of sp³-hybridized carbons (Fsp3) is 0.600. The third-order valence-corrected chi connectivity index (χ3v) is 6.59. The van der Waals surface area contributed by atoms with E-state index in [0.717, 1.165) is 5.57 Å². The van der Waals surface area contributed by atoms with E-state index in [-0.39, 0.29) is 12.2 Å². The molecule has 0 aliphatic carbocycles. The van der Waals surface area contributed by atoms with E-state index in [1.54, 1.807) is 39.8 Å². The van der Waals surface area contributed by atoms with Crippen LogP contribution in [0.3, 0.4) is 0 Å². The highest BCUT2D eigenvalue weighted by Crippen LogP contribution is 2.60. The van der Waals surface area contributed by atoms with Crippen molar-refractivity contribution < 1.29 is 28.9 Å². The van der Waals surface area contributed by atoms with E-state index in [9.17, 15) is 14.7 Å². The molecule has 4 rings (SSSR count). The Morgan fingerprint density at radius 1 is 1.35 bits per heavy atom. The van der Waals surface area contributed by atoms with Gasteiger partial charge < -0.3 is 19.3 Å². The number of carbonyl (C=O) groups excluding carboxylic acids is 2. The van der Waals surface area contributed by atoms with Crippen molar-refractivity contribution in [2.24, 2.45) is 11.3 Å². The average molecular weight is 360 g/mol. The van der Waals surface area contributed by atoms with Crippen LogP contribution >= 0.6 is 0 Å². The average Bonchev–Trinajstić information content (AvgIpc) is 3.09. The van der Waals surface area contributed by atoms with Crippen LogP contribution in [0.4, 0.5) is 0 Å². The van der Waals surface area contributed by atoms with Gasteiger partial charge in [0.05, 0.1) is 6.10 Å². The molecule has 0 radical (unpaired) electrons. The minimum Gasteiger partial charge on any atom is -0.479 e. The Morgan fingerprint density at radius 2 is 2.04 bits per heavy atom. The number of hydrogen-bond donors (Lipinski definition) is 1. The first-order chi connectivity index (χ1) is 12.1. The maximum absolute atomic E-state index is 12.9. The summed E-state index contributed by atoms with van der Waals surface area (Å²) in [6, 6.07) is 0. The van der Waals surface area contributed by atoms with Crippen LogP contribution in [0.5, 0.6) is 0 Å². The molecule has 6 heteroatoms. The Balaban J connectivity index is 1.90. The van der Waals surface area contributed by atoms with Crippen LogP contribution in [0.1, 0.15) is 41.0 Å². The molecule has 4 heterocycles. The summed E-state index contributed by atoms with van der Waals surface area (Å²) in [7, 11) is 0. The summed E-state index contributed by atoms with van der Waals surface area (Å²) in [5.41, 5.74) is -1.05. The molecule has 0 aromatic rings. The van der Waals surface area contributed by atoms with Crippen molar-refractivity contribution in [1.29, 1.82) is 0 Å². The Kier molecular flexibility index (Phi) is 3.42. The second kappa shape index (κ2) is 5.08. The van der Waals surface area contributed by atoms with Gasteiger partial charge in [0.2, 0.25) is 11.6 Å². The second-order valence-corrected chi connectivity index (χ2v) is 8.13. The number of ketones is 1. The molecule has 2 fully saturated rings. The zero-order chi connectivity index (χ0) is 19.1. The van der Waals surface area contributed by atoms with E-state index < -0.39 is 40.9 Å².